The van der Waals surface area contributed by atoms with Gasteiger partial charge in [0.2, 0.25) is 0 Å². The van der Waals surface area contributed by atoms with Crippen LogP contribution in [0, 0.1) is 11.3 Å². The molecule has 0 radical (unpaired) electrons. The molecule has 0 aliphatic heterocycles. The van der Waals surface area contributed by atoms with E-state index in [9.17, 15) is 9.90 Å². The summed E-state index contributed by atoms with van der Waals surface area (Å²) in [6.45, 7) is 0. The van der Waals surface area contributed by atoms with Crippen molar-refractivity contribution in [3.8, 4) is 11.8 Å². The Bertz CT molecular complexity index is 836. The smallest absolute Gasteiger partial charge is 0.265 e. The SMILES string of the molecule is N#Cc1c([O-])c2oc3ccccc3c2[nH]c1=O. The fraction of sp³-hybridized carbons (Fsp3) is 0. The fourth-order valence-electron chi connectivity index (χ4n) is 1.82. The van der Waals surface area contributed by atoms with Gasteiger partial charge in [-0.3, -0.25) is 4.79 Å². The minimum absolute atomic E-state index is 0.0161. The molecule has 0 amide bonds. The lowest BCUT2D eigenvalue weighted by Crippen LogP contribution is -2.13. The number of H-pyrrole nitrogens is 1. The number of para-hydroxylation sites is 1. The molecule has 3 rings (SSSR count). The van der Waals surface area contributed by atoms with Crippen LogP contribution in [0.3, 0.4) is 0 Å². The Kier molecular flexibility index (Phi) is 1.74. The Balaban J connectivity index is 2.64. The number of nitrogens with one attached hydrogen (secondary N) is 1. The third kappa shape index (κ3) is 1.15. The highest BCUT2D eigenvalue weighted by Gasteiger charge is 2.11. The summed E-state index contributed by atoms with van der Waals surface area (Å²) in [5, 5.41) is 21.2. The quantitative estimate of drug-likeness (QED) is 0.622. The zero-order chi connectivity index (χ0) is 12.0. The molecule has 0 unspecified atom stereocenters. The highest BCUT2D eigenvalue weighted by molar-refractivity contribution is 6.04. The van der Waals surface area contributed by atoms with E-state index in [0.29, 0.717) is 16.5 Å². The molecule has 5 nitrogen and oxygen atoms in total. The molecule has 0 atom stereocenters. The molecule has 0 aliphatic rings. The van der Waals surface area contributed by atoms with E-state index < -0.39 is 16.9 Å². The van der Waals surface area contributed by atoms with Gasteiger partial charge in [-0.1, -0.05) is 12.1 Å². The first-order valence-electron chi connectivity index (χ1n) is 4.87. The third-order valence-electron chi connectivity index (χ3n) is 2.61. The average molecular weight is 225 g/mol. The molecule has 5 heteroatoms. The molecule has 17 heavy (non-hydrogen) atoms. The first-order chi connectivity index (χ1) is 8.22. The van der Waals surface area contributed by atoms with E-state index in [1.54, 1.807) is 30.3 Å². The summed E-state index contributed by atoms with van der Waals surface area (Å²) in [6, 6.07) is 8.55. The van der Waals surface area contributed by atoms with Crippen molar-refractivity contribution >= 4 is 22.1 Å². The standard InChI is InChI=1S/C12H6N2O3/c13-5-7-10(15)11-9(14-12(7)16)6-3-1-2-4-8(6)17-11/h1-4H,(H2,14,15,16)/p-1. The molecular formula is C12H5N2O3-. The van der Waals surface area contributed by atoms with E-state index in [0.717, 1.165) is 0 Å². The number of pyridine rings is 1. The Hall–Kier alpha value is -2.74. The van der Waals surface area contributed by atoms with Crippen molar-refractivity contribution in [2.24, 2.45) is 0 Å². The molecule has 2 heterocycles. The van der Waals surface area contributed by atoms with Gasteiger partial charge in [-0.05, 0) is 17.9 Å². The summed E-state index contributed by atoms with van der Waals surface area (Å²) < 4.78 is 5.35. The molecule has 0 spiro atoms. The number of furan rings is 1. The topological polar surface area (TPSA) is 92.8 Å². The first-order valence-corrected chi connectivity index (χ1v) is 4.87. The number of aromatic nitrogens is 1. The van der Waals surface area contributed by atoms with Gasteiger partial charge < -0.3 is 14.5 Å². The number of rotatable bonds is 0. The molecule has 0 saturated carbocycles. The van der Waals surface area contributed by atoms with Crippen LogP contribution in [0.2, 0.25) is 0 Å². The van der Waals surface area contributed by atoms with Crippen molar-refractivity contribution in [3.63, 3.8) is 0 Å². The molecule has 0 aliphatic carbocycles. The number of aromatic amines is 1. The number of benzene rings is 1. The third-order valence-corrected chi connectivity index (χ3v) is 2.61. The van der Waals surface area contributed by atoms with Crippen molar-refractivity contribution in [2.45, 2.75) is 0 Å². The van der Waals surface area contributed by atoms with Gasteiger partial charge in [0.25, 0.3) is 5.56 Å². The number of hydrogen-bond acceptors (Lipinski definition) is 4. The van der Waals surface area contributed by atoms with E-state index in [4.69, 9.17) is 9.68 Å². The predicted octanol–water partition coefficient (Wildman–Crippen LogP) is 1.22. The van der Waals surface area contributed by atoms with Crippen LogP contribution in [-0.2, 0) is 0 Å². The van der Waals surface area contributed by atoms with Crippen LogP contribution < -0.4 is 10.7 Å². The number of nitriles is 1. The Labute approximate surface area is 94.5 Å². The summed E-state index contributed by atoms with van der Waals surface area (Å²) in [4.78, 5) is 14.0. The first kappa shape index (κ1) is 9.48. The summed E-state index contributed by atoms with van der Waals surface area (Å²) >= 11 is 0. The lowest BCUT2D eigenvalue weighted by atomic mass is 10.2. The van der Waals surface area contributed by atoms with E-state index in [1.165, 1.54) is 0 Å². The van der Waals surface area contributed by atoms with Gasteiger partial charge >= 0.3 is 0 Å². The van der Waals surface area contributed by atoms with E-state index >= 15 is 0 Å². The molecule has 0 bridgehead atoms. The summed E-state index contributed by atoms with van der Waals surface area (Å²) in [5.74, 6) is -0.664. The second-order valence-corrected chi connectivity index (χ2v) is 3.57. The lowest BCUT2D eigenvalue weighted by molar-refractivity contribution is -0.267. The Morgan fingerprint density at radius 2 is 2.12 bits per heavy atom. The molecule has 3 aromatic rings. The zero-order valence-electron chi connectivity index (χ0n) is 8.48. The van der Waals surface area contributed by atoms with Crippen LogP contribution in [0.1, 0.15) is 5.56 Å². The van der Waals surface area contributed by atoms with Crippen molar-refractivity contribution in [2.75, 3.05) is 0 Å². The highest BCUT2D eigenvalue weighted by Crippen LogP contribution is 2.31. The zero-order valence-corrected chi connectivity index (χ0v) is 8.48. The Morgan fingerprint density at radius 3 is 2.88 bits per heavy atom. The van der Waals surface area contributed by atoms with Crippen molar-refractivity contribution < 1.29 is 9.52 Å². The largest absolute Gasteiger partial charge is 0.869 e. The van der Waals surface area contributed by atoms with Gasteiger partial charge in [0, 0.05) is 5.39 Å². The Morgan fingerprint density at radius 1 is 1.35 bits per heavy atom. The molecule has 1 aromatic carbocycles. The van der Waals surface area contributed by atoms with Crippen molar-refractivity contribution in [1.82, 2.24) is 4.98 Å². The number of hydrogen-bond donors (Lipinski definition) is 1. The van der Waals surface area contributed by atoms with Gasteiger partial charge in [-0.25, -0.2) is 0 Å². The maximum atomic E-state index is 11.8. The van der Waals surface area contributed by atoms with Gasteiger partial charge in [0.15, 0.2) is 0 Å². The predicted molar refractivity (Wildman–Crippen MR) is 58.5 cm³/mol. The minimum atomic E-state index is -0.684. The average Bonchev–Trinajstić information content (AvgIpc) is 2.69. The fourth-order valence-corrected chi connectivity index (χ4v) is 1.82. The van der Waals surface area contributed by atoms with Crippen LogP contribution in [-0.4, -0.2) is 4.98 Å². The monoisotopic (exact) mass is 225 g/mol. The molecular weight excluding hydrogens is 220 g/mol. The van der Waals surface area contributed by atoms with Crippen LogP contribution in [0.5, 0.6) is 5.75 Å². The molecule has 82 valence electrons. The van der Waals surface area contributed by atoms with Gasteiger partial charge in [0.05, 0.1) is 5.52 Å². The summed E-state index contributed by atoms with van der Waals surface area (Å²) in [5.41, 5.74) is -0.268. The van der Waals surface area contributed by atoms with Crippen LogP contribution in [0.25, 0.3) is 22.1 Å². The number of fused-ring (bicyclic) bond motifs is 3. The van der Waals surface area contributed by atoms with E-state index in [-0.39, 0.29) is 5.58 Å². The van der Waals surface area contributed by atoms with Gasteiger partial charge in [-0.15, -0.1) is 0 Å². The molecule has 0 fully saturated rings. The maximum absolute atomic E-state index is 11.8. The van der Waals surface area contributed by atoms with Gasteiger partial charge in [0.1, 0.15) is 22.8 Å². The van der Waals surface area contributed by atoms with Crippen molar-refractivity contribution in [1.29, 1.82) is 5.26 Å². The van der Waals surface area contributed by atoms with E-state index in [2.05, 4.69) is 4.98 Å². The lowest BCUT2D eigenvalue weighted by Gasteiger charge is -2.06. The molecule has 0 saturated heterocycles. The van der Waals surface area contributed by atoms with Crippen LogP contribution in [0.15, 0.2) is 33.5 Å². The maximum Gasteiger partial charge on any atom is 0.265 e. The second-order valence-electron chi connectivity index (χ2n) is 3.57. The molecule has 1 N–H and O–H groups in total. The normalized spacial score (nSPS) is 10.8. The number of nitrogens with zero attached hydrogens (tertiary/aromatic N) is 1. The second kappa shape index (κ2) is 3.12. The van der Waals surface area contributed by atoms with Crippen LogP contribution >= 0.6 is 0 Å². The van der Waals surface area contributed by atoms with Crippen molar-refractivity contribution in [3.05, 3.63) is 40.2 Å². The van der Waals surface area contributed by atoms with E-state index in [1.807, 2.05) is 0 Å². The molecule has 2 aromatic heterocycles. The van der Waals surface area contributed by atoms with Crippen LogP contribution in [0.4, 0.5) is 0 Å². The summed E-state index contributed by atoms with van der Waals surface area (Å²) in [7, 11) is 0. The summed E-state index contributed by atoms with van der Waals surface area (Å²) in [6.07, 6.45) is 0. The minimum Gasteiger partial charge on any atom is -0.869 e. The highest BCUT2D eigenvalue weighted by atomic mass is 16.4. The van der Waals surface area contributed by atoms with Gasteiger partial charge in [-0.2, -0.15) is 5.26 Å².